The molecule has 4 aliphatic carbocycles. The van der Waals surface area contributed by atoms with Crippen molar-refractivity contribution in [2.24, 2.45) is 23.2 Å². The topological polar surface area (TPSA) is 86.4 Å². The zero-order valence-electron chi connectivity index (χ0n) is 26.8. The molecule has 0 unspecified atom stereocenters. The van der Waals surface area contributed by atoms with Crippen LogP contribution in [0.25, 0.3) is 0 Å². The van der Waals surface area contributed by atoms with Gasteiger partial charge in [0.25, 0.3) is 5.91 Å². The molecule has 2 amide bonds. The maximum Gasteiger partial charge on any atom is 0.253 e. The second-order valence-electron chi connectivity index (χ2n) is 14.1. The van der Waals surface area contributed by atoms with E-state index in [0.29, 0.717) is 29.9 Å². The fourth-order valence-corrected chi connectivity index (χ4v) is 9.23. The van der Waals surface area contributed by atoms with Crippen LogP contribution in [0.4, 0.5) is 17.1 Å². The standard InChI is InChI=1S/C36H49N5O4/c1-44-33-6-3-2-5-32(33)41-13-11-40(12-14-41)31-8-7-29(22-30(31)34(42)37-9-4-10-39-15-17-45-18-16-39)38-35(43)36-23-26-19-27(24-36)21-28(20-26)25-36/h2-3,5-8,22,26-28H,4,9-21,23-25H2,1H3,(H,37,42)(H,38,43). The second kappa shape index (κ2) is 13.2. The van der Waals surface area contributed by atoms with E-state index in [2.05, 4.69) is 31.4 Å². The van der Waals surface area contributed by atoms with Crippen molar-refractivity contribution in [3.63, 3.8) is 0 Å². The van der Waals surface area contributed by atoms with Crippen LogP contribution < -0.4 is 25.2 Å². The molecule has 0 spiro atoms. The van der Waals surface area contributed by atoms with Crippen molar-refractivity contribution >= 4 is 28.9 Å². The molecule has 9 heteroatoms. The van der Waals surface area contributed by atoms with Crippen LogP contribution in [-0.2, 0) is 9.53 Å². The highest BCUT2D eigenvalue weighted by Gasteiger charge is 2.54. The van der Waals surface area contributed by atoms with Gasteiger partial charge in [-0.25, -0.2) is 0 Å². The summed E-state index contributed by atoms with van der Waals surface area (Å²) in [5.41, 5.74) is 3.15. The van der Waals surface area contributed by atoms with Crippen LogP contribution in [0.5, 0.6) is 5.75 Å². The first kappa shape index (κ1) is 30.4. The number of hydrogen-bond acceptors (Lipinski definition) is 7. The number of nitrogens with zero attached hydrogens (tertiary/aromatic N) is 3. The number of amides is 2. The Morgan fingerprint density at radius 2 is 1.51 bits per heavy atom. The van der Waals surface area contributed by atoms with Gasteiger partial charge >= 0.3 is 0 Å². The lowest BCUT2D eigenvalue weighted by Gasteiger charge is -2.55. The van der Waals surface area contributed by atoms with Crippen LogP contribution in [0.1, 0.15) is 55.3 Å². The maximum absolute atomic E-state index is 13.9. The van der Waals surface area contributed by atoms with Gasteiger partial charge in [0.05, 0.1) is 37.0 Å². The second-order valence-corrected chi connectivity index (χ2v) is 14.1. The minimum absolute atomic E-state index is 0.0787. The van der Waals surface area contributed by atoms with Crippen LogP contribution >= 0.6 is 0 Å². The number of carbonyl (C=O) groups excluding carboxylic acids is 2. The molecule has 242 valence electrons. The SMILES string of the molecule is COc1ccccc1N1CCN(c2ccc(NC(=O)C34CC5CC(CC(C5)C3)C4)cc2C(=O)NCCCN2CCOCC2)CC1. The molecule has 9 nitrogen and oxygen atoms in total. The molecule has 4 bridgehead atoms. The Kier molecular flexibility index (Phi) is 8.91. The molecule has 4 saturated carbocycles. The number of morpholine rings is 1. The number of piperazine rings is 1. The molecule has 2 saturated heterocycles. The number of rotatable bonds is 10. The number of benzene rings is 2. The minimum Gasteiger partial charge on any atom is -0.495 e. The molecule has 2 aromatic carbocycles. The zero-order chi connectivity index (χ0) is 30.8. The Hall–Kier alpha value is -3.30. The van der Waals surface area contributed by atoms with E-state index in [1.165, 1.54) is 19.3 Å². The van der Waals surface area contributed by atoms with Crippen LogP contribution in [0, 0.1) is 23.2 Å². The molecule has 2 heterocycles. The summed E-state index contributed by atoms with van der Waals surface area (Å²) >= 11 is 0. The summed E-state index contributed by atoms with van der Waals surface area (Å²) in [5, 5.41) is 6.49. The lowest BCUT2D eigenvalue weighted by atomic mass is 9.49. The van der Waals surface area contributed by atoms with Gasteiger partial charge in [-0.05, 0) is 99.6 Å². The minimum atomic E-state index is -0.232. The van der Waals surface area contributed by atoms with Gasteiger partial charge in [0.1, 0.15) is 5.75 Å². The molecule has 6 fully saturated rings. The molecule has 2 aliphatic heterocycles. The number of para-hydroxylation sites is 2. The molecular weight excluding hydrogens is 566 g/mol. The number of methoxy groups -OCH3 is 1. The smallest absolute Gasteiger partial charge is 0.253 e. The Bertz CT molecular complexity index is 1330. The van der Waals surface area contributed by atoms with Crippen molar-refractivity contribution in [2.75, 3.05) is 87.8 Å². The Morgan fingerprint density at radius 3 is 2.18 bits per heavy atom. The third kappa shape index (κ3) is 6.52. The van der Waals surface area contributed by atoms with Crippen molar-refractivity contribution in [1.29, 1.82) is 0 Å². The van der Waals surface area contributed by atoms with Crippen molar-refractivity contribution in [1.82, 2.24) is 10.2 Å². The molecular formula is C36H49N5O4. The van der Waals surface area contributed by atoms with Gasteiger partial charge in [0, 0.05) is 57.2 Å². The Balaban J connectivity index is 1.06. The average molecular weight is 616 g/mol. The molecule has 2 aromatic rings. The van der Waals surface area contributed by atoms with Gasteiger partial charge in [0.15, 0.2) is 0 Å². The summed E-state index contributed by atoms with van der Waals surface area (Å²) in [4.78, 5) is 34.7. The Morgan fingerprint density at radius 1 is 0.867 bits per heavy atom. The van der Waals surface area contributed by atoms with Gasteiger partial charge in [-0.3, -0.25) is 14.5 Å². The lowest BCUT2D eigenvalue weighted by molar-refractivity contribution is -0.140. The predicted octanol–water partition coefficient (Wildman–Crippen LogP) is 4.63. The zero-order valence-corrected chi connectivity index (χ0v) is 26.8. The number of ether oxygens (including phenoxy) is 2. The van der Waals surface area contributed by atoms with E-state index < -0.39 is 0 Å². The summed E-state index contributed by atoms with van der Waals surface area (Å²) < 4.78 is 11.1. The number of hydrogen-bond donors (Lipinski definition) is 2. The molecule has 2 N–H and O–H groups in total. The maximum atomic E-state index is 13.9. The largest absolute Gasteiger partial charge is 0.495 e. The van der Waals surface area contributed by atoms with E-state index in [0.717, 1.165) is 108 Å². The van der Waals surface area contributed by atoms with Crippen molar-refractivity contribution < 1.29 is 19.1 Å². The molecule has 8 rings (SSSR count). The first-order chi connectivity index (χ1) is 22.0. The summed E-state index contributed by atoms with van der Waals surface area (Å²) in [6.07, 6.45) is 7.88. The van der Waals surface area contributed by atoms with Gasteiger partial charge in [-0.15, -0.1) is 0 Å². The number of anilines is 3. The van der Waals surface area contributed by atoms with E-state index in [4.69, 9.17) is 9.47 Å². The molecule has 0 aromatic heterocycles. The van der Waals surface area contributed by atoms with Crippen molar-refractivity contribution in [2.45, 2.75) is 44.9 Å². The van der Waals surface area contributed by atoms with Crippen LogP contribution in [0.3, 0.4) is 0 Å². The van der Waals surface area contributed by atoms with Gasteiger partial charge < -0.3 is 29.9 Å². The summed E-state index contributed by atoms with van der Waals surface area (Å²) in [5.74, 6) is 3.08. The van der Waals surface area contributed by atoms with Crippen LogP contribution in [0.2, 0.25) is 0 Å². The Labute approximate surface area is 267 Å². The first-order valence-corrected chi connectivity index (χ1v) is 17.2. The number of carbonyl (C=O) groups is 2. The highest BCUT2D eigenvalue weighted by Crippen LogP contribution is 2.60. The monoisotopic (exact) mass is 615 g/mol. The first-order valence-electron chi connectivity index (χ1n) is 17.2. The van der Waals surface area contributed by atoms with E-state index in [-0.39, 0.29) is 17.2 Å². The highest BCUT2D eigenvalue weighted by molar-refractivity contribution is 6.03. The van der Waals surface area contributed by atoms with Crippen molar-refractivity contribution in [3.8, 4) is 5.75 Å². The third-order valence-electron chi connectivity index (χ3n) is 11.1. The average Bonchev–Trinajstić information content (AvgIpc) is 3.06. The summed E-state index contributed by atoms with van der Waals surface area (Å²) in [6.45, 7) is 8.24. The molecule has 0 radical (unpaired) electrons. The van der Waals surface area contributed by atoms with Gasteiger partial charge in [0.2, 0.25) is 5.91 Å². The molecule has 6 aliphatic rings. The van der Waals surface area contributed by atoms with E-state index in [1.807, 2.05) is 36.4 Å². The lowest BCUT2D eigenvalue weighted by Crippen LogP contribution is -2.51. The molecule has 45 heavy (non-hydrogen) atoms. The van der Waals surface area contributed by atoms with E-state index in [9.17, 15) is 9.59 Å². The summed E-state index contributed by atoms with van der Waals surface area (Å²) in [7, 11) is 1.71. The summed E-state index contributed by atoms with van der Waals surface area (Å²) in [6, 6.07) is 14.1. The van der Waals surface area contributed by atoms with Crippen LogP contribution in [-0.4, -0.2) is 89.4 Å². The van der Waals surface area contributed by atoms with E-state index >= 15 is 0 Å². The third-order valence-corrected chi connectivity index (χ3v) is 11.1. The van der Waals surface area contributed by atoms with Gasteiger partial charge in [-0.2, -0.15) is 0 Å². The fraction of sp³-hybridized carbons (Fsp3) is 0.611. The molecule has 0 atom stereocenters. The fourth-order valence-electron chi connectivity index (χ4n) is 9.23. The van der Waals surface area contributed by atoms with E-state index in [1.54, 1.807) is 7.11 Å². The van der Waals surface area contributed by atoms with Crippen molar-refractivity contribution in [3.05, 3.63) is 48.0 Å². The number of nitrogens with one attached hydrogen (secondary N) is 2. The quantitative estimate of drug-likeness (QED) is 0.377. The predicted molar refractivity (Wildman–Crippen MR) is 177 cm³/mol. The van der Waals surface area contributed by atoms with Gasteiger partial charge in [-0.1, -0.05) is 12.1 Å². The normalized spacial score (nSPS) is 27.8. The highest BCUT2D eigenvalue weighted by atomic mass is 16.5. The van der Waals surface area contributed by atoms with Crippen LogP contribution in [0.15, 0.2) is 42.5 Å².